The second-order valence-electron chi connectivity index (χ2n) is 7.20. The fourth-order valence-corrected chi connectivity index (χ4v) is 3.64. The molecule has 0 unspecified atom stereocenters. The van der Waals surface area contributed by atoms with Crippen molar-refractivity contribution in [2.24, 2.45) is 5.92 Å². The Morgan fingerprint density at radius 2 is 1.56 bits per heavy atom. The third-order valence-corrected chi connectivity index (χ3v) is 5.36. The molecule has 3 heterocycles. The second-order valence-corrected chi connectivity index (χ2v) is 7.20. The summed E-state index contributed by atoms with van der Waals surface area (Å²) in [6, 6.07) is 1.81. The molecule has 7 nitrogen and oxygen atoms in total. The number of carbonyl (C=O) groups is 2. The van der Waals surface area contributed by atoms with E-state index in [0.717, 1.165) is 31.7 Å². The lowest BCUT2D eigenvalue weighted by atomic mass is 10.1. The lowest BCUT2D eigenvalue weighted by Crippen LogP contribution is -2.51. The minimum Gasteiger partial charge on any atom is -0.357 e. The zero-order chi connectivity index (χ0) is 17.2. The van der Waals surface area contributed by atoms with Gasteiger partial charge < -0.3 is 14.7 Å². The Balaban J connectivity index is 1.38. The first-order valence-corrected chi connectivity index (χ1v) is 9.37. The topological polar surface area (TPSA) is 69.6 Å². The van der Waals surface area contributed by atoms with Gasteiger partial charge >= 0.3 is 0 Å². The summed E-state index contributed by atoms with van der Waals surface area (Å²) in [5.41, 5.74) is 0.456. The van der Waals surface area contributed by atoms with E-state index in [-0.39, 0.29) is 17.7 Å². The van der Waals surface area contributed by atoms with Crippen LogP contribution in [-0.2, 0) is 4.79 Å². The van der Waals surface area contributed by atoms with Crippen molar-refractivity contribution in [3.05, 3.63) is 18.1 Å². The van der Waals surface area contributed by atoms with Crippen LogP contribution < -0.4 is 4.90 Å². The van der Waals surface area contributed by atoms with Gasteiger partial charge in [-0.3, -0.25) is 9.59 Å². The predicted molar refractivity (Wildman–Crippen MR) is 93.3 cm³/mol. The molecule has 3 fully saturated rings. The van der Waals surface area contributed by atoms with Gasteiger partial charge in [0, 0.05) is 51.3 Å². The molecule has 3 aliphatic rings. The normalized spacial score (nSPS) is 21.4. The van der Waals surface area contributed by atoms with E-state index in [1.54, 1.807) is 4.90 Å². The van der Waals surface area contributed by atoms with Crippen LogP contribution in [0.4, 0.5) is 5.82 Å². The van der Waals surface area contributed by atoms with Crippen molar-refractivity contribution in [2.45, 2.75) is 32.1 Å². The number of amides is 2. The van der Waals surface area contributed by atoms with Crippen molar-refractivity contribution in [3.63, 3.8) is 0 Å². The molecule has 1 aliphatic carbocycles. The Labute approximate surface area is 148 Å². The second kappa shape index (κ2) is 6.98. The molecule has 0 spiro atoms. The number of anilines is 1. The molecule has 1 saturated carbocycles. The summed E-state index contributed by atoms with van der Waals surface area (Å²) < 4.78 is 0. The van der Waals surface area contributed by atoms with Gasteiger partial charge in [0.05, 0.1) is 0 Å². The van der Waals surface area contributed by atoms with Gasteiger partial charge in [-0.25, -0.2) is 9.97 Å². The van der Waals surface area contributed by atoms with Crippen LogP contribution in [0.3, 0.4) is 0 Å². The van der Waals surface area contributed by atoms with Gasteiger partial charge in [0.2, 0.25) is 5.91 Å². The molecule has 4 rings (SSSR count). The first kappa shape index (κ1) is 16.3. The lowest BCUT2D eigenvalue weighted by Gasteiger charge is -2.35. The highest BCUT2D eigenvalue weighted by Gasteiger charge is 2.35. The molecule has 2 aliphatic heterocycles. The molecule has 0 radical (unpaired) electrons. The minimum atomic E-state index is -0.0563. The summed E-state index contributed by atoms with van der Waals surface area (Å²) in [4.78, 5) is 39.4. The highest BCUT2D eigenvalue weighted by atomic mass is 16.2. The van der Waals surface area contributed by atoms with Crippen LogP contribution in [0, 0.1) is 5.92 Å². The monoisotopic (exact) mass is 343 g/mol. The fourth-order valence-electron chi connectivity index (χ4n) is 3.64. The van der Waals surface area contributed by atoms with E-state index in [1.807, 2.05) is 11.0 Å². The Hall–Kier alpha value is -2.18. The molecular weight excluding hydrogens is 318 g/mol. The van der Waals surface area contributed by atoms with Crippen LogP contribution in [0.5, 0.6) is 0 Å². The molecule has 25 heavy (non-hydrogen) atoms. The standard InChI is InChI=1S/C18H25N5O2/c24-17(14-4-5-14)22-8-10-23(11-9-22)18(25)15-12-16(20-13-19-15)21-6-2-1-3-7-21/h12-14H,1-11H2. The van der Waals surface area contributed by atoms with Gasteiger partial charge in [0.25, 0.3) is 5.91 Å². The van der Waals surface area contributed by atoms with E-state index in [9.17, 15) is 9.59 Å². The van der Waals surface area contributed by atoms with E-state index >= 15 is 0 Å². The first-order chi connectivity index (χ1) is 12.2. The van der Waals surface area contributed by atoms with Gasteiger partial charge in [0.15, 0.2) is 0 Å². The lowest BCUT2D eigenvalue weighted by molar-refractivity contribution is -0.134. The number of rotatable bonds is 3. The maximum Gasteiger partial charge on any atom is 0.272 e. The Kier molecular flexibility index (Phi) is 4.55. The van der Waals surface area contributed by atoms with Gasteiger partial charge in [-0.15, -0.1) is 0 Å². The van der Waals surface area contributed by atoms with Crippen LogP contribution in [0.15, 0.2) is 12.4 Å². The molecule has 0 N–H and O–H groups in total. The smallest absolute Gasteiger partial charge is 0.272 e. The number of hydrogen-bond donors (Lipinski definition) is 0. The van der Waals surface area contributed by atoms with Crippen LogP contribution in [0.25, 0.3) is 0 Å². The zero-order valence-corrected chi connectivity index (χ0v) is 14.6. The summed E-state index contributed by atoms with van der Waals surface area (Å²) in [6.45, 7) is 4.41. The molecule has 134 valence electrons. The quantitative estimate of drug-likeness (QED) is 0.824. The zero-order valence-electron chi connectivity index (χ0n) is 14.6. The van der Waals surface area contributed by atoms with E-state index in [0.29, 0.717) is 31.9 Å². The van der Waals surface area contributed by atoms with Crippen LogP contribution in [0.1, 0.15) is 42.6 Å². The Morgan fingerprint density at radius 1 is 0.880 bits per heavy atom. The van der Waals surface area contributed by atoms with E-state index in [1.165, 1.54) is 25.6 Å². The third-order valence-electron chi connectivity index (χ3n) is 5.36. The maximum atomic E-state index is 12.8. The predicted octanol–water partition coefficient (Wildman–Crippen LogP) is 1.16. The molecular formula is C18H25N5O2. The van der Waals surface area contributed by atoms with Gasteiger partial charge in [0.1, 0.15) is 17.8 Å². The van der Waals surface area contributed by atoms with Crippen LogP contribution >= 0.6 is 0 Å². The highest BCUT2D eigenvalue weighted by Crippen LogP contribution is 2.31. The summed E-state index contributed by atoms with van der Waals surface area (Å²) in [5.74, 6) is 1.30. The molecule has 0 aromatic carbocycles. The molecule has 0 bridgehead atoms. The number of piperazine rings is 1. The molecule has 2 amide bonds. The van der Waals surface area contributed by atoms with Crippen LogP contribution in [-0.4, -0.2) is 70.9 Å². The largest absolute Gasteiger partial charge is 0.357 e. The number of piperidine rings is 1. The molecule has 7 heteroatoms. The Bertz CT molecular complexity index is 647. The summed E-state index contributed by atoms with van der Waals surface area (Å²) in [6.07, 6.45) is 7.15. The number of carbonyl (C=O) groups excluding carboxylic acids is 2. The van der Waals surface area contributed by atoms with Gasteiger partial charge in [-0.2, -0.15) is 0 Å². The Morgan fingerprint density at radius 3 is 2.24 bits per heavy atom. The SMILES string of the molecule is O=C(c1cc(N2CCCCC2)ncn1)N1CCN(C(=O)C2CC2)CC1. The van der Waals surface area contributed by atoms with Crippen molar-refractivity contribution < 1.29 is 9.59 Å². The molecule has 1 aromatic rings. The fraction of sp³-hybridized carbons (Fsp3) is 0.667. The summed E-state index contributed by atoms with van der Waals surface area (Å²) in [5, 5.41) is 0. The van der Waals surface area contributed by atoms with Crippen molar-refractivity contribution in [1.29, 1.82) is 0 Å². The minimum absolute atomic E-state index is 0.0563. The van der Waals surface area contributed by atoms with E-state index in [2.05, 4.69) is 14.9 Å². The summed E-state index contributed by atoms with van der Waals surface area (Å²) >= 11 is 0. The van der Waals surface area contributed by atoms with Crippen molar-refractivity contribution in [3.8, 4) is 0 Å². The molecule has 0 atom stereocenters. The van der Waals surface area contributed by atoms with Gasteiger partial charge in [-0.05, 0) is 32.1 Å². The van der Waals surface area contributed by atoms with E-state index < -0.39 is 0 Å². The molecule has 1 aromatic heterocycles. The average Bonchev–Trinajstić information content (AvgIpc) is 3.53. The molecule has 2 saturated heterocycles. The highest BCUT2D eigenvalue weighted by molar-refractivity contribution is 5.93. The average molecular weight is 343 g/mol. The third kappa shape index (κ3) is 3.60. The number of nitrogens with zero attached hydrogens (tertiary/aromatic N) is 5. The first-order valence-electron chi connectivity index (χ1n) is 9.37. The van der Waals surface area contributed by atoms with E-state index in [4.69, 9.17) is 0 Å². The van der Waals surface area contributed by atoms with Crippen molar-refractivity contribution in [1.82, 2.24) is 19.8 Å². The number of hydrogen-bond acceptors (Lipinski definition) is 5. The van der Waals surface area contributed by atoms with Gasteiger partial charge in [-0.1, -0.05) is 0 Å². The van der Waals surface area contributed by atoms with Crippen LogP contribution in [0.2, 0.25) is 0 Å². The maximum absolute atomic E-state index is 12.8. The van der Waals surface area contributed by atoms with Crippen molar-refractivity contribution >= 4 is 17.6 Å². The summed E-state index contributed by atoms with van der Waals surface area (Å²) in [7, 11) is 0. The van der Waals surface area contributed by atoms with Crippen molar-refractivity contribution in [2.75, 3.05) is 44.2 Å². The number of aromatic nitrogens is 2.